The molecule has 0 amide bonds. The van der Waals surface area contributed by atoms with Crippen LogP contribution in [0.2, 0.25) is 0 Å². The maximum atomic E-state index is 6.19. The molecule has 0 bridgehead atoms. The molecule has 3 fully saturated rings. The summed E-state index contributed by atoms with van der Waals surface area (Å²) in [5.41, 5.74) is 3.43. The van der Waals surface area contributed by atoms with Gasteiger partial charge in [0.15, 0.2) is 0 Å². The van der Waals surface area contributed by atoms with Crippen molar-refractivity contribution in [2.75, 3.05) is 6.61 Å². The van der Waals surface area contributed by atoms with Gasteiger partial charge in [-0.1, -0.05) is 32.6 Å². The van der Waals surface area contributed by atoms with E-state index in [-0.39, 0.29) is 5.60 Å². The Hall–Kier alpha value is -0.120. The summed E-state index contributed by atoms with van der Waals surface area (Å²) >= 11 is 0. The van der Waals surface area contributed by atoms with Gasteiger partial charge >= 0.3 is 0 Å². The average Bonchev–Trinajstić information content (AvgIpc) is 2.88. The van der Waals surface area contributed by atoms with Crippen LogP contribution in [-0.4, -0.2) is 18.2 Å². The lowest BCUT2D eigenvalue weighted by molar-refractivity contribution is -0.102. The molecule has 3 nitrogen and oxygen atoms in total. The Kier molecular flexibility index (Phi) is 4.68. The molecule has 0 aromatic heterocycles. The van der Waals surface area contributed by atoms with E-state index >= 15 is 0 Å². The molecule has 1 saturated heterocycles. The van der Waals surface area contributed by atoms with E-state index in [9.17, 15) is 0 Å². The molecule has 4 unspecified atom stereocenters. The quantitative estimate of drug-likeness (QED) is 0.615. The number of hydrogen-bond donors (Lipinski definition) is 2. The molecule has 0 aromatic rings. The molecule has 3 aliphatic rings. The molecule has 1 spiro atoms. The lowest BCUT2D eigenvalue weighted by atomic mass is 9.71. The van der Waals surface area contributed by atoms with Crippen LogP contribution in [0.4, 0.5) is 0 Å². The van der Waals surface area contributed by atoms with Crippen molar-refractivity contribution in [2.45, 2.75) is 82.8 Å². The predicted octanol–water partition coefficient (Wildman–Crippen LogP) is 3.38. The van der Waals surface area contributed by atoms with Crippen LogP contribution in [0.1, 0.15) is 71.1 Å². The van der Waals surface area contributed by atoms with Gasteiger partial charge in [-0.3, -0.25) is 11.3 Å². The van der Waals surface area contributed by atoms with Crippen molar-refractivity contribution in [3.63, 3.8) is 0 Å². The Morgan fingerprint density at radius 1 is 1.10 bits per heavy atom. The Morgan fingerprint density at radius 3 is 2.60 bits per heavy atom. The minimum Gasteiger partial charge on any atom is -0.375 e. The molecule has 4 atom stereocenters. The molecule has 1 heterocycles. The highest BCUT2D eigenvalue weighted by Crippen LogP contribution is 2.45. The first-order valence-corrected chi connectivity index (χ1v) is 8.82. The molecule has 3 N–H and O–H groups in total. The first-order valence-electron chi connectivity index (χ1n) is 8.82. The van der Waals surface area contributed by atoms with E-state index < -0.39 is 0 Å². The molecule has 20 heavy (non-hydrogen) atoms. The number of nitrogens with two attached hydrogens (primary N) is 1. The second kappa shape index (κ2) is 6.33. The molecule has 2 aliphatic carbocycles. The largest absolute Gasteiger partial charge is 0.375 e. The minimum absolute atomic E-state index is 0.221. The van der Waals surface area contributed by atoms with Crippen LogP contribution >= 0.6 is 0 Å². The van der Waals surface area contributed by atoms with Gasteiger partial charge in [0.1, 0.15) is 0 Å². The smallest absolute Gasteiger partial charge is 0.0685 e. The van der Waals surface area contributed by atoms with Crippen molar-refractivity contribution in [2.24, 2.45) is 23.6 Å². The first kappa shape index (κ1) is 14.8. The summed E-state index contributed by atoms with van der Waals surface area (Å²) in [6.45, 7) is 3.35. The summed E-state index contributed by atoms with van der Waals surface area (Å²) in [5, 5.41) is 0. The second-order valence-electron chi connectivity index (χ2n) is 7.72. The van der Waals surface area contributed by atoms with Gasteiger partial charge in [-0.25, -0.2) is 0 Å². The molecular weight excluding hydrogens is 248 g/mol. The summed E-state index contributed by atoms with van der Waals surface area (Å²) in [5.74, 6) is 8.36. The number of ether oxygens (including phenoxy) is 1. The van der Waals surface area contributed by atoms with Gasteiger partial charge in [0.05, 0.1) is 5.60 Å². The van der Waals surface area contributed by atoms with Crippen LogP contribution in [0, 0.1) is 17.8 Å². The van der Waals surface area contributed by atoms with E-state index in [0.29, 0.717) is 6.04 Å². The van der Waals surface area contributed by atoms with Gasteiger partial charge in [-0.05, 0) is 56.3 Å². The first-order chi connectivity index (χ1) is 9.72. The van der Waals surface area contributed by atoms with Gasteiger partial charge in [0, 0.05) is 12.6 Å². The summed E-state index contributed by atoms with van der Waals surface area (Å²) in [4.78, 5) is 0. The van der Waals surface area contributed by atoms with Crippen LogP contribution in [0.5, 0.6) is 0 Å². The molecule has 116 valence electrons. The van der Waals surface area contributed by atoms with E-state index in [4.69, 9.17) is 10.6 Å². The van der Waals surface area contributed by atoms with E-state index in [0.717, 1.165) is 24.4 Å². The van der Waals surface area contributed by atoms with Crippen molar-refractivity contribution >= 4 is 0 Å². The summed E-state index contributed by atoms with van der Waals surface area (Å²) in [6, 6.07) is 0.513. The fraction of sp³-hybridized carbons (Fsp3) is 1.00. The summed E-state index contributed by atoms with van der Waals surface area (Å²) < 4.78 is 6.19. The number of nitrogens with one attached hydrogen (secondary N) is 1. The zero-order chi connectivity index (χ0) is 14.0. The Morgan fingerprint density at radius 2 is 1.90 bits per heavy atom. The van der Waals surface area contributed by atoms with Crippen molar-refractivity contribution in [1.29, 1.82) is 0 Å². The van der Waals surface area contributed by atoms with Crippen LogP contribution in [0.15, 0.2) is 0 Å². The molecular formula is C17H32N2O. The summed E-state index contributed by atoms with van der Waals surface area (Å²) in [6.07, 6.45) is 13.2. The minimum atomic E-state index is 0.221. The van der Waals surface area contributed by atoms with E-state index in [1.165, 1.54) is 64.2 Å². The number of hydrogen-bond acceptors (Lipinski definition) is 3. The van der Waals surface area contributed by atoms with Gasteiger partial charge in [-0.15, -0.1) is 0 Å². The van der Waals surface area contributed by atoms with E-state index in [1.54, 1.807) is 0 Å². The lowest BCUT2D eigenvalue weighted by Gasteiger charge is -2.44. The van der Waals surface area contributed by atoms with Gasteiger partial charge in [0.2, 0.25) is 0 Å². The standard InChI is InChI=1S/C17H32N2O/c1-13-5-4-6-14(11-13)16(19-18)15-7-10-20-17(12-15)8-2-3-9-17/h13-16,19H,2-12,18H2,1H3. The molecule has 1 aliphatic heterocycles. The number of rotatable bonds is 3. The maximum Gasteiger partial charge on any atom is 0.0685 e. The zero-order valence-corrected chi connectivity index (χ0v) is 13.1. The van der Waals surface area contributed by atoms with E-state index in [2.05, 4.69) is 12.3 Å². The third-order valence-corrected chi connectivity index (χ3v) is 6.23. The van der Waals surface area contributed by atoms with Crippen molar-refractivity contribution in [1.82, 2.24) is 5.43 Å². The molecule has 0 radical (unpaired) electrons. The Bertz CT molecular complexity index is 314. The van der Waals surface area contributed by atoms with Crippen molar-refractivity contribution in [3.05, 3.63) is 0 Å². The van der Waals surface area contributed by atoms with Crippen LogP contribution < -0.4 is 11.3 Å². The van der Waals surface area contributed by atoms with Crippen molar-refractivity contribution < 1.29 is 4.74 Å². The van der Waals surface area contributed by atoms with Crippen molar-refractivity contribution in [3.8, 4) is 0 Å². The van der Waals surface area contributed by atoms with Gasteiger partial charge < -0.3 is 4.74 Å². The average molecular weight is 280 g/mol. The normalized spacial score (nSPS) is 39.0. The third-order valence-electron chi connectivity index (χ3n) is 6.23. The second-order valence-corrected chi connectivity index (χ2v) is 7.72. The number of hydrazine groups is 1. The molecule has 3 rings (SSSR count). The molecule has 0 aromatic carbocycles. The SMILES string of the molecule is CC1CCCC(C(NN)C2CCOC3(CCCC3)C2)C1. The highest BCUT2D eigenvalue weighted by molar-refractivity contribution is 4.96. The highest BCUT2D eigenvalue weighted by Gasteiger charge is 2.43. The monoisotopic (exact) mass is 280 g/mol. The topological polar surface area (TPSA) is 47.3 Å². The van der Waals surface area contributed by atoms with Crippen LogP contribution in [0.3, 0.4) is 0 Å². The van der Waals surface area contributed by atoms with Gasteiger partial charge in [-0.2, -0.15) is 0 Å². The zero-order valence-electron chi connectivity index (χ0n) is 13.1. The maximum absolute atomic E-state index is 6.19. The Balaban J connectivity index is 1.65. The van der Waals surface area contributed by atoms with Gasteiger partial charge in [0.25, 0.3) is 0 Å². The fourth-order valence-corrected chi connectivity index (χ4v) is 5.20. The highest BCUT2D eigenvalue weighted by atomic mass is 16.5. The molecule has 2 saturated carbocycles. The van der Waals surface area contributed by atoms with Crippen LogP contribution in [-0.2, 0) is 4.74 Å². The van der Waals surface area contributed by atoms with E-state index in [1.807, 2.05) is 0 Å². The lowest BCUT2D eigenvalue weighted by Crippen LogP contribution is -2.51. The molecule has 3 heteroatoms. The van der Waals surface area contributed by atoms with Crippen LogP contribution in [0.25, 0.3) is 0 Å². The predicted molar refractivity (Wildman–Crippen MR) is 82.1 cm³/mol. The Labute approximate surface area is 124 Å². The third kappa shape index (κ3) is 3.05. The fourth-order valence-electron chi connectivity index (χ4n) is 5.20. The summed E-state index contributed by atoms with van der Waals surface area (Å²) in [7, 11) is 0.